The Morgan fingerprint density at radius 1 is 1.30 bits per heavy atom. The molecule has 4 rings (SSSR count). The quantitative estimate of drug-likeness (QED) is 0.731. The summed E-state index contributed by atoms with van der Waals surface area (Å²) in [5.41, 5.74) is 1.68. The minimum atomic E-state index is -4.79. The van der Waals surface area contributed by atoms with E-state index in [0.29, 0.717) is 35.7 Å². The number of likely N-dealkylation sites (tertiary alicyclic amines) is 2. The van der Waals surface area contributed by atoms with Crippen molar-refractivity contribution in [2.75, 3.05) is 26.2 Å². The first-order valence-electron chi connectivity index (χ1n) is 11.1. The van der Waals surface area contributed by atoms with Crippen LogP contribution in [0.15, 0.2) is 24.3 Å². The second-order valence-electron chi connectivity index (χ2n) is 9.15. The van der Waals surface area contributed by atoms with Crippen molar-refractivity contribution in [3.05, 3.63) is 41.2 Å². The van der Waals surface area contributed by atoms with Crippen LogP contribution in [0.2, 0.25) is 0 Å². The van der Waals surface area contributed by atoms with Crippen LogP contribution in [0.4, 0.5) is 13.2 Å². The van der Waals surface area contributed by atoms with E-state index in [4.69, 9.17) is 0 Å². The molecule has 1 aromatic carbocycles. The fourth-order valence-corrected chi connectivity index (χ4v) is 5.19. The van der Waals surface area contributed by atoms with Crippen LogP contribution in [0.3, 0.4) is 0 Å². The van der Waals surface area contributed by atoms with Gasteiger partial charge in [0, 0.05) is 30.7 Å². The van der Waals surface area contributed by atoms with Gasteiger partial charge in [-0.05, 0) is 58.7 Å². The molecule has 180 valence electrons. The number of aliphatic hydroxyl groups excluding tert-OH is 1. The predicted molar refractivity (Wildman–Crippen MR) is 115 cm³/mol. The summed E-state index contributed by atoms with van der Waals surface area (Å²) in [6.07, 6.45) is -1.98. The number of aryl methyl sites for hydroxylation is 1. The minimum absolute atomic E-state index is 0.0968. The van der Waals surface area contributed by atoms with Gasteiger partial charge in [-0.15, -0.1) is 13.2 Å². The molecule has 1 aromatic heterocycles. The van der Waals surface area contributed by atoms with E-state index < -0.39 is 6.36 Å². The van der Waals surface area contributed by atoms with Gasteiger partial charge in [0.15, 0.2) is 0 Å². The Kier molecular flexibility index (Phi) is 6.17. The number of hydrogen-bond acceptors (Lipinski definition) is 5. The summed E-state index contributed by atoms with van der Waals surface area (Å²) in [4.78, 5) is 17.6. The Bertz CT molecular complexity index is 1040. The summed E-state index contributed by atoms with van der Waals surface area (Å²) >= 11 is 0. The number of alkyl halides is 3. The molecule has 10 heteroatoms. The first-order valence-corrected chi connectivity index (χ1v) is 11.1. The molecule has 2 unspecified atom stereocenters. The van der Waals surface area contributed by atoms with E-state index in [1.807, 2.05) is 4.90 Å². The van der Waals surface area contributed by atoms with E-state index in [2.05, 4.69) is 21.7 Å². The van der Waals surface area contributed by atoms with Gasteiger partial charge >= 0.3 is 6.36 Å². The van der Waals surface area contributed by atoms with E-state index in [0.717, 1.165) is 25.8 Å². The Labute approximate surface area is 190 Å². The zero-order valence-electron chi connectivity index (χ0n) is 19.0. The number of amides is 1. The summed E-state index contributed by atoms with van der Waals surface area (Å²) < 4.78 is 43.3. The predicted octanol–water partition coefficient (Wildman–Crippen LogP) is 3.45. The first-order chi connectivity index (χ1) is 15.5. The molecule has 0 bridgehead atoms. The Hall–Kier alpha value is -2.59. The highest BCUT2D eigenvalue weighted by Crippen LogP contribution is 2.34. The number of benzene rings is 1. The summed E-state index contributed by atoms with van der Waals surface area (Å²) in [6, 6.07) is 5.73. The van der Waals surface area contributed by atoms with E-state index >= 15 is 0 Å². The standard InChI is InChI=1S/C23H29F3N4O3/c1-15-20(16(2)30(27-15)17-6-4-7-19(12-17)33-23(24,25)26)21(32)28-11-8-18(13-28)29-10-5-9-22(29,3)14-31/h4,6-7,12,18,31H,5,8-11,13-14H2,1-3H3. The van der Waals surface area contributed by atoms with Gasteiger partial charge in [-0.25, -0.2) is 4.68 Å². The molecule has 0 aliphatic carbocycles. The third kappa shape index (κ3) is 4.59. The lowest BCUT2D eigenvalue weighted by Crippen LogP contribution is -2.51. The van der Waals surface area contributed by atoms with Crippen molar-refractivity contribution in [1.82, 2.24) is 19.6 Å². The van der Waals surface area contributed by atoms with Crippen LogP contribution in [-0.4, -0.2) is 74.8 Å². The number of aromatic nitrogens is 2. The zero-order valence-corrected chi connectivity index (χ0v) is 19.0. The fourth-order valence-electron chi connectivity index (χ4n) is 5.19. The van der Waals surface area contributed by atoms with E-state index in [-0.39, 0.29) is 29.8 Å². The molecular formula is C23H29F3N4O3. The monoisotopic (exact) mass is 466 g/mol. The normalized spacial score (nSPS) is 24.0. The number of rotatable bonds is 5. The third-order valence-electron chi connectivity index (χ3n) is 6.84. The summed E-state index contributed by atoms with van der Waals surface area (Å²) in [7, 11) is 0. The molecule has 2 fully saturated rings. The van der Waals surface area contributed by atoms with E-state index in [1.165, 1.54) is 22.9 Å². The van der Waals surface area contributed by atoms with Crippen molar-refractivity contribution in [3.63, 3.8) is 0 Å². The van der Waals surface area contributed by atoms with Crippen molar-refractivity contribution >= 4 is 5.91 Å². The number of carbonyl (C=O) groups is 1. The molecule has 2 saturated heterocycles. The Morgan fingerprint density at radius 2 is 2.06 bits per heavy atom. The van der Waals surface area contributed by atoms with Gasteiger partial charge in [0.2, 0.25) is 0 Å². The highest BCUT2D eigenvalue weighted by molar-refractivity contribution is 5.96. The number of aliphatic hydroxyl groups is 1. The molecule has 7 nitrogen and oxygen atoms in total. The van der Waals surface area contributed by atoms with Gasteiger partial charge in [-0.2, -0.15) is 5.10 Å². The smallest absolute Gasteiger partial charge is 0.406 e. The van der Waals surface area contributed by atoms with Crippen molar-refractivity contribution in [3.8, 4) is 11.4 Å². The lowest BCUT2D eigenvalue weighted by atomic mass is 9.98. The average Bonchev–Trinajstić information content (AvgIpc) is 3.44. The zero-order chi connectivity index (χ0) is 24.0. The van der Waals surface area contributed by atoms with Gasteiger partial charge in [0.05, 0.1) is 29.2 Å². The van der Waals surface area contributed by atoms with Crippen molar-refractivity contribution in [2.24, 2.45) is 0 Å². The molecule has 1 N–H and O–H groups in total. The van der Waals surface area contributed by atoms with Crippen LogP contribution in [0.25, 0.3) is 5.69 Å². The molecule has 33 heavy (non-hydrogen) atoms. The Morgan fingerprint density at radius 3 is 2.76 bits per heavy atom. The second kappa shape index (κ2) is 8.64. The van der Waals surface area contributed by atoms with E-state index in [9.17, 15) is 23.1 Å². The van der Waals surface area contributed by atoms with Gasteiger partial charge in [-0.1, -0.05) is 6.07 Å². The second-order valence-corrected chi connectivity index (χ2v) is 9.15. The lowest BCUT2D eigenvalue weighted by Gasteiger charge is -2.38. The number of halogens is 3. The molecule has 2 aliphatic rings. The van der Waals surface area contributed by atoms with Gasteiger partial charge < -0.3 is 14.7 Å². The van der Waals surface area contributed by atoms with Gasteiger partial charge in [0.25, 0.3) is 5.91 Å². The maximum Gasteiger partial charge on any atom is 0.573 e. The van der Waals surface area contributed by atoms with Crippen LogP contribution in [0.5, 0.6) is 5.75 Å². The Balaban J connectivity index is 1.54. The topological polar surface area (TPSA) is 70.8 Å². The minimum Gasteiger partial charge on any atom is -0.406 e. The SMILES string of the molecule is Cc1nn(-c2cccc(OC(F)(F)F)c2)c(C)c1C(=O)N1CCC(N2CCCC2(C)CO)C1. The van der Waals surface area contributed by atoms with Gasteiger partial charge in [0.1, 0.15) is 5.75 Å². The fraction of sp³-hybridized carbons (Fsp3) is 0.565. The highest BCUT2D eigenvalue weighted by atomic mass is 19.4. The highest BCUT2D eigenvalue weighted by Gasteiger charge is 2.43. The average molecular weight is 467 g/mol. The van der Waals surface area contributed by atoms with Crippen LogP contribution in [0, 0.1) is 13.8 Å². The van der Waals surface area contributed by atoms with E-state index in [1.54, 1.807) is 19.9 Å². The number of nitrogens with zero attached hydrogens (tertiary/aromatic N) is 4. The lowest BCUT2D eigenvalue weighted by molar-refractivity contribution is -0.274. The van der Waals surface area contributed by atoms with Crippen molar-refractivity contribution in [2.45, 2.75) is 58.0 Å². The summed E-state index contributed by atoms with van der Waals surface area (Å²) in [5, 5.41) is 14.3. The molecule has 2 aromatic rings. The first kappa shape index (κ1) is 23.6. The van der Waals surface area contributed by atoms with Crippen LogP contribution in [-0.2, 0) is 0 Å². The summed E-state index contributed by atoms with van der Waals surface area (Å²) in [6.45, 7) is 7.73. The number of ether oxygens (including phenoxy) is 1. The number of hydrogen-bond donors (Lipinski definition) is 1. The summed E-state index contributed by atoms with van der Waals surface area (Å²) in [5.74, 6) is -0.480. The van der Waals surface area contributed by atoms with Crippen molar-refractivity contribution < 1.29 is 27.8 Å². The van der Waals surface area contributed by atoms with Crippen LogP contribution in [0.1, 0.15) is 47.9 Å². The number of carbonyl (C=O) groups excluding carboxylic acids is 1. The van der Waals surface area contributed by atoms with Gasteiger partial charge in [-0.3, -0.25) is 9.69 Å². The maximum absolute atomic E-state index is 13.4. The molecular weight excluding hydrogens is 437 g/mol. The largest absolute Gasteiger partial charge is 0.573 e. The molecule has 2 atom stereocenters. The molecule has 0 spiro atoms. The molecule has 3 heterocycles. The molecule has 0 radical (unpaired) electrons. The molecule has 2 aliphatic heterocycles. The molecule has 0 saturated carbocycles. The maximum atomic E-state index is 13.4. The van der Waals surface area contributed by atoms with Crippen molar-refractivity contribution in [1.29, 1.82) is 0 Å². The van der Waals surface area contributed by atoms with Crippen LogP contribution >= 0.6 is 0 Å². The molecule has 1 amide bonds. The van der Waals surface area contributed by atoms with Crippen LogP contribution < -0.4 is 4.74 Å². The third-order valence-corrected chi connectivity index (χ3v) is 6.84.